The molecule has 0 radical (unpaired) electrons. The third kappa shape index (κ3) is 7.25. The predicted octanol–water partition coefficient (Wildman–Crippen LogP) is 4.39. The molecule has 1 heteroatoms. The summed E-state index contributed by atoms with van der Waals surface area (Å²) in [4.78, 5) is 0. The van der Waals surface area contributed by atoms with Crippen LogP contribution in [0.25, 0.3) is 0 Å². The van der Waals surface area contributed by atoms with Gasteiger partial charge in [0.2, 0.25) is 0 Å². The topological polar surface area (TPSA) is 0 Å². The van der Waals surface area contributed by atoms with Gasteiger partial charge in [0.05, 0.1) is 0 Å². The van der Waals surface area contributed by atoms with Crippen LogP contribution in [0.15, 0.2) is 85.0 Å². The summed E-state index contributed by atoms with van der Waals surface area (Å²) in [7, 11) is 0. The van der Waals surface area contributed by atoms with Crippen molar-refractivity contribution in [2.45, 2.75) is 25.7 Å². The van der Waals surface area contributed by atoms with Crippen molar-refractivity contribution in [1.29, 1.82) is 0 Å². The van der Waals surface area contributed by atoms with E-state index >= 15 is 0 Å². The molecule has 0 spiro atoms. The van der Waals surface area contributed by atoms with E-state index in [2.05, 4.69) is 85.0 Å². The monoisotopic (exact) mass is 457 g/mol. The molecule has 21 heavy (non-hydrogen) atoms. The van der Waals surface area contributed by atoms with Gasteiger partial charge in [-0.2, -0.15) is 0 Å². The van der Waals surface area contributed by atoms with Gasteiger partial charge >= 0.3 is 87.1 Å². The molecule has 2 aromatic rings. The molecule has 0 aliphatic heterocycles. The molecule has 2 aromatic carbocycles. The summed E-state index contributed by atoms with van der Waals surface area (Å²) in [5, 5.41) is 0. The van der Waals surface area contributed by atoms with E-state index in [1.807, 2.05) is 0 Å². The second kappa shape index (κ2) is 10.4. The van der Waals surface area contributed by atoms with Gasteiger partial charge in [0, 0.05) is 0 Å². The molecular weight excluding hydrogens is 435 g/mol. The average molecular weight is 457 g/mol. The molecule has 0 nitrogen and oxygen atoms in total. The van der Waals surface area contributed by atoms with Crippen molar-refractivity contribution in [3.63, 3.8) is 0 Å². The van der Waals surface area contributed by atoms with E-state index in [1.54, 1.807) is 0 Å². The minimum atomic E-state index is 0.0186. The van der Waals surface area contributed by atoms with Crippen LogP contribution < -0.4 is 7.91 Å². The first-order valence-electron chi connectivity index (χ1n) is 7.44. The van der Waals surface area contributed by atoms with E-state index in [4.69, 9.17) is 0 Å². The van der Waals surface area contributed by atoms with E-state index in [9.17, 15) is 0 Å². The summed E-state index contributed by atoms with van der Waals surface area (Å²) in [6.45, 7) is 0. The van der Waals surface area contributed by atoms with Gasteiger partial charge in [-0.1, -0.05) is 24.3 Å². The van der Waals surface area contributed by atoms with Gasteiger partial charge in [0.25, 0.3) is 0 Å². The first-order valence-corrected chi connectivity index (χ1v) is 9.71. The number of rotatable bonds is 2. The predicted molar refractivity (Wildman–Crippen MR) is 88.9 cm³/mol. The van der Waals surface area contributed by atoms with Crippen LogP contribution in [0.3, 0.4) is 0 Å². The normalized spacial score (nSPS) is 13.9. The van der Waals surface area contributed by atoms with Crippen molar-refractivity contribution in [1.82, 2.24) is 0 Å². The van der Waals surface area contributed by atoms with Gasteiger partial charge in [-0.25, -0.2) is 0 Å². The molecule has 0 N–H and O–H groups in total. The molecule has 112 valence electrons. The van der Waals surface area contributed by atoms with Crippen molar-refractivity contribution in [2.75, 3.05) is 0 Å². The standard InChI is InChI=1S/C8H12.2C6H5.Pt/c1-2-4-6-8-7-5-3-1;2*1-2-4-6-5-3-1;/h1-2,7-8H,3-6H2;2*1-5H;. The number of hydrogen-bond acceptors (Lipinski definition) is 0. The molecule has 0 unspecified atom stereocenters. The summed E-state index contributed by atoms with van der Waals surface area (Å²) < 4.78 is 2.96. The van der Waals surface area contributed by atoms with E-state index in [-0.39, 0.29) is 18.6 Å². The van der Waals surface area contributed by atoms with Gasteiger partial charge in [-0.05, 0) is 25.7 Å². The van der Waals surface area contributed by atoms with Gasteiger partial charge in [-0.15, -0.1) is 0 Å². The van der Waals surface area contributed by atoms with Crippen LogP contribution in [-0.2, 0) is 18.6 Å². The number of hydrogen-bond donors (Lipinski definition) is 0. The summed E-state index contributed by atoms with van der Waals surface area (Å²) in [6.07, 6.45) is 14.0. The Morgan fingerprint density at radius 3 is 1.14 bits per heavy atom. The fraction of sp³-hybridized carbons (Fsp3) is 0.200. The zero-order chi connectivity index (χ0) is 14.6. The van der Waals surface area contributed by atoms with Crippen molar-refractivity contribution in [3.05, 3.63) is 85.0 Å². The van der Waals surface area contributed by atoms with Crippen LogP contribution in [-0.4, -0.2) is 0 Å². The Bertz CT molecular complexity index is 477. The first kappa shape index (κ1) is 16.0. The zero-order valence-corrected chi connectivity index (χ0v) is 14.5. The quantitative estimate of drug-likeness (QED) is 0.587. The molecule has 0 saturated carbocycles. The summed E-state index contributed by atoms with van der Waals surface area (Å²) in [5.41, 5.74) is 0. The van der Waals surface area contributed by atoms with Crippen molar-refractivity contribution >= 4 is 7.91 Å². The molecular formula is C20H22Pt. The van der Waals surface area contributed by atoms with E-state index < -0.39 is 0 Å². The molecule has 0 aromatic heterocycles. The van der Waals surface area contributed by atoms with Crippen LogP contribution in [0.4, 0.5) is 0 Å². The summed E-state index contributed by atoms with van der Waals surface area (Å²) in [5.74, 6) is 0. The molecule has 1 aliphatic rings. The van der Waals surface area contributed by atoms with Crippen LogP contribution >= 0.6 is 0 Å². The molecule has 0 atom stereocenters. The molecule has 0 heterocycles. The fourth-order valence-electron chi connectivity index (χ4n) is 1.87. The third-order valence-electron chi connectivity index (χ3n) is 2.94. The third-order valence-corrected chi connectivity index (χ3v) is 5.77. The summed E-state index contributed by atoms with van der Waals surface area (Å²) in [6, 6.07) is 21.4. The van der Waals surface area contributed by atoms with E-state index in [1.165, 1.54) is 33.6 Å². The molecule has 0 amide bonds. The minimum absolute atomic E-state index is 0.0186. The van der Waals surface area contributed by atoms with Gasteiger partial charge < -0.3 is 0 Å². The maximum absolute atomic E-state index is 2.27. The van der Waals surface area contributed by atoms with E-state index in [0.717, 1.165) is 0 Å². The van der Waals surface area contributed by atoms with Crippen LogP contribution in [0.1, 0.15) is 25.7 Å². The Hall–Kier alpha value is -1.39. The Morgan fingerprint density at radius 2 is 0.810 bits per heavy atom. The van der Waals surface area contributed by atoms with Crippen LogP contribution in [0.2, 0.25) is 0 Å². The maximum atomic E-state index is 2.27. The number of allylic oxidation sites excluding steroid dienone is 4. The Labute approximate surface area is 137 Å². The van der Waals surface area contributed by atoms with Crippen LogP contribution in [0.5, 0.6) is 0 Å². The Balaban J connectivity index is 0.000000173. The van der Waals surface area contributed by atoms with Gasteiger partial charge in [-0.3, -0.25) is 0 Å². The molecule has 1 aliphatic carbocycles. The Kier molecular flexibility index (Phi) is 7.88. The first-order chi connectivity index (χ1) is 10.4. The average Bonchev–Trinajstić information content (AvgIpc) is 2.49. The van der Waals surface area contributed by atoms with Gasteiger partial charge in [0.15, 0.2) is 0 Å². The summed E-state index contributed by atoms with van der Waals surface area (Å²) >= 11 is 0.0186. The van der Waals surface area contributed by atoms with E-state index in [0.29, 0.717) is 0 Å². The molecule has 0 fully saturated rings. The second-order valence-corrected chi connectivity index (χ2v) is 7.89. The van der Waals surface area contributed by atoms with Crippen molar-refractivity contribution < 1.29 is 18.6 Å². The second-order valence-electron chi connectivity index (χ2n) is 4.70. The molecule has 3 rings (SSSR count). The van der Waals surface area contributed by atoms with Crippen molar-refractivity contribution in [3.8, 4) is 0 Å². The van der Waals surface area contributed by atoms with Crippen molar-refractivity contribution in [2.24, 2.45) is 0 Å². The SMILES string of the molecule is C1=CCCC=CCC1.c1cc[c]([Pt][c]2ccccc2)cc1. The Morgan fingerprint density at radius 1 is 0.476 bits per heavy atom. The van der Waals surface area contributed by atoms with Crippen LogP contribution in [0, 0.1) is 0 Å². The van der Waals surface area contributed by atoms with Gasteiger partial charge in [0.1, 0.15) is 0 Å². The number of benzene rings is 2. The molecule has 0 bridgehead atoms. The fourth-order valence-corrected chi connectivity index (χ4v) is 4.26. The molecule has 0 saturated heterocycles. The zero-order valence-electron chi connectivity index (χ0n) is 12.2.